The van der Waals surface area contributed by atoms with Crippen molar-refractivity contribution in [2.45, 2.75) is 213 Å². The summed E-state index contributed by atoms with van der Waals surface area (Å²) in [5.74, 6) is 2.57. The maximum absolute atomic E-state index is 6.44. The molecule has 1 rings (SSSR count). The summed E-state index contributed by atoms with van der Waals surface area (Å²) in [6.45, 7) is 9.12. The molecule has 1 aromatic rings. The van der Waals surface area contributed by atoms with Crippen LogP contribution in [0.1, 0.15) is 213 Å². The van der Waals surface area contributed by atoms with Crippen molar-refractivity contribution < 1.29 is 14.2 Å². The summed E-state index contributed by atoms with van der Waals surface area (Å²) in [4.78, 5) is 0. The lowest BCUT2D eigenvalue weighted by Crippen LogP contribution is -2.06. The molecule has 1 aromatic carbocycles. The van der Waals surface area contributed by atoms with Crippen molar-refractivity contribution in [1.82, 2.24) is 0 Å². The van der Waals surface area contributed by atoms with E-state index in [1.165, 1.54) is 173 Å². The lowest BCUT2D eigenvalue weighted by molar-refractivity contribution is 0.234. The van der Waals surface area contributed by atoms with Gasteiger partial charge in [0.1, 0.15) is 0 Å². The highest BCUT2D eigenvalue weighted by molar-refractivity contribution is 14.1. The highest BCUT2D eigenvalue weighted by Crippen LogP contribution is 2.40. The van der Waals surface area contributed by atoms with E-state index in [4.69, 9.17) is 14.2 Å². The minimum Gasteiger partial charge on any atom is -0.490 e. The third-order valence-electron chi connectivity index (χ3n) is 9.24. The average Bonchev–Trinajstić information content (AvgIpc) is 3.05. The van der Waals surface area contributed by atoms with Crippen molar-refractivity contribution in [2.75, 3.05) is 19.8 Å². The molecule has 0 aliphatic carbocycles. The molecule has 0 saturated heterocycles. The van der Waals surface area contributed by atoms with Crippen LogP contribution >= 0.6 is 22.6 Å². The second-order valence-electron chi connectivity index (χ2n) is 13.8. The Kier molecular flexibility index (Phi) is 32.3. The predicted octanol–water partition coefficient (Wildman–Crippen LogP) is 15.2. The van der Waals surface area contributed by atoms with Crippen LogP contribution in [0.25, 0.3) is 0 Å². The van der Waals surface area contributed by atoms with E-state index < -0.39 is 0 Å². The summed E-state index contributed by atoms with van der Waals surface area (Å²) >= 11 is 2.40. The van der Waals surface area contributed by atoms with Gasteiger partial charge in [0.2, 0.25) is 5.75 Å². The zero-order chi connectivity index (χ0) is 33.2. The number of rotatable bonds is 36. The second-order valence-corrected chi connectivity index (χ2v) is 15.1. The number of halogens is 1. The molecule has 0 N–H and O–H groups in total. The van der Waals surface area contributed by atoms with Crippen LogP contribution in [-0.2, 0) is 0 Å². The van der Waals surface area contributed by atoms with Gasteiger partial charge in [0, 0.05) is 3.57 Å². The van der Waals surface area contributed by atoms with Crippen molar-refractivity contribution in [1.29, 1.82) is 0 Å². The largest absolute Gasteiger partial charge is 0.490 e. The van der Waals surface area contributed by atoms with Gasteiger partial charge in [-0.15, -0.1) is 0 Å². The van der Waals surface area contributed by atoms with Crippen molar-refractivity contribution in [2.24, 2.45) is 0 Å². The maximum Gasteiger partial charge on any atom is 0.203 e. The second kappa shape index (κ2) is 34.2. The van der Waals surface area contributed by atoms with Crippen LogP contribution in [0.4, 0.5) is 0 Å². The van der Waals surface area contributed by atoms with E-state index in [2.05, 4.69) is 55.5 Å². The van der Waals surface area contributed by atoms with Gasteiger partial charge >= 0.3 is 0 Å². The third kappa shape index (κ3) is 26.3. The van der Waals surface area contributed by atoms with Gasteiger partial charge in [-0.05, 0) is 54.0 Å². The zero-order valence-corrected chi connectivity index (χ0v) is 33.2. The fraction of sp³-hybridized carbons (Fsp3) is 0.857. The molecule has 0 unspecified atom stereocenters. The molecule has 0 fully saturated rings. The van der Waals surface area contributed by atoms with Crippen molar-refractivity contribution >= 4 is 22.6 Å². The number of hydrogen-bond acceptors (Lipinski definition) is 3. The number of unbranched alkanes of at least 4 members (excludes halogenated alkanes) is 27. The fourth-order valence-corrected chi connectivity index (χ4v) is 6.77. The summed E-state index contributed by atoms with van der Waals surface area (Å²) in [5, 5.41) is 0. The van der Waals surface area contributed by atoms with Gasteiger partial charge in [-0.25, -0.2) is 0 Å². The SMILES string of the molecule is CCCCCCCCCCCCOc1cc(I)cc(OCCCCCCCCCCCC)c1OCCCCCCCCCCCC. The van der Waals surface area contributed by atoms with E-state index in [0.29, 0.717) is 0 Å². The smallest absolute Gasteiger partial charge is 0.203 e. The van der Waals surface area contributed by atoms with E-state index >= 15 is 0 Å². The summed E-state index contributed by atoms with van der Waals surface area (Å²) in [6, 6.07) is 4.27. The van der Waals surface area contributed by atoms with Gasteiger partial charge in [0.05, 0.1) is 19.8 Å². The summed E-state index contributed by atoms with van der Waals surface area (Å²) in [7, 11) is 0. The highest BCUT2D eigenvalue weighted by atomic mass is 127. The molecule has 0 aromatic heterocycles. The molecule has 0 heterocycles. The van der Waals surface area contributed by atoms with E-state index in [0.717, 1.165) is 59.9 Å². The first-order valence-corrected chi connectivity index (χ1v) is 21.5. The molecule has 0 atom stereocenters. The maximum atomic E-state index is 6.44. The average molecular weight is 757 g/mol. The van der Waals surface area contributed by atoms with E-state index in [-0.39, 0.29) is 0 Å². The molecule has 0 amide bonds. The van der Waals surface area contributed by atoms with Crippen LogP contribution in [0.2, 0.25) is 0 Å². The highest BCUT2D eigenvalue weighted by Gasteiger charge is 2.15. The Bertz CT molecular complexity index is 720. The topological polar surface area (TPSA) is 27.7 Å². The standard InChI is InChI=1S/C42H77IO3/c1-4-7-10-13-16-19-22-25-28-31-34-44-40-37-39(43)38-41(45-35-32-29-26-23-20-17-14-11-8-5-2)42(40)46-36-33-30-27-24-21-18-15-12-9-6-3/h37-38H,4-36H2,1-3H3. The molecular formula is C42H77IO3. The van der Waals surface area contributed by atoms with Crippen molar-refractivity contribution in [3.63, 3.8) is 0 Å². The quantitative estimate of drug-likeness (QED) is 0.0504. The summed E-state index contributed by atoms with van der Waals surface area (Å²) in [5.41, 5.74) is 0. The molecule has 0 aliphatic rings. The van der Waals surface area contributed by atoms with Crippen LogP contribution in [0.3, 0.4) is 0 Å². The van der Waals surface area contributed by atoms with Gasteiger partial charge in [-0.2, -0.15) is 0 Å². The molecule has 0 spiro atoms. The lowest BCUT2D eigenvalue weighted by Gasteiger charge is -2.18. The molecule has 0 aliphatic heterocycles. The predicted molar refractivity (Wildman–Crippen MR) is 211 cm³/mol. The monoisotopic (exact) mass is 756 g/mol. The van der Waals surface area contributed by atoms with E-state index in [9.17, 15) is 0 Å². The van der Waals surface area contributed by atoms with Crippen LogP contribution < -0.4 is 14.2 Å². The van der Waals surface area contributed by atoms with E-state index in [1.807, 2.05) is 0 Å². The van der Waals surface area contributed by atoms with Gasteiger partial charge < -0.3 is 14.2 Å². The minimum atomic E-state index is 0.736. The molecule has 0 radical (unpaired) electrons. The summed E-state index contributed by atoms with van der Waals surface area (Å²) < 4.78 is 20.4. The van der Waals surface area contributed by atoms with Gasteiger partial charge in [0.15, 0.2) is 11.5 Å². The van der Waals surface area contributed by atoms with Gasteiger partial charge in [0.25, 0.3) is 0 Å². The van der Waals surface area contributed by atoms with Crippen LogP contribution in [0, 0.1) is 3.57 Å². The Hall–Kier alpha value is -0.650. The van der Waals surface area contributed by atoms with Crippen molar-refractivity contribution in [3.8, 4) is 17.2 Å². The molecule has 0 bridgehead atoms. The number of hydrogen-bond donors (Lipinski definition) is 0. The first-order chi connectivity index (χ1) is 22.7. The fourth-order valence-electron chi connectivity index (χ4n) is 6.21. The summed E-state index contributed by atoms with van der Waals surface area (Å²) in [6.07, 6.45) is 40.1. The first-order valence-electron chi connectivity index (χ1n) is 20.4. The van der Waals surface area contributed by atoms with Crippen LogP contribution in [-0.4, -0.2) is 19.8 Å². The van der Waals surface area contributed by atoms with Crippen molar-refractivity contribution in [3.05, 3.63) is 15.7 Å². The number of benzene rings is 1. The third-order valence-corrected chi connectivity index (χ3v) is 9.86. The number of ether oxygens (including phenoxy) is 3. The molecular weight excluding hydrogens is 679 g/mol. The molecule has 3 nitrogen and oxygen atoms in total. The molecule has 0 saturated carbocycles. The molecule has 270 valence electrons. The Morgan fingerprint density at radius 3 is 0.870 bits per heavy atom. The first kappa shape index (κ1) is 43.4. The zero-order valence-electron chi connectivity index (χ0n) is 31.1. The Morgan fingerprint density at radius 2 is 0.587 bits per heavy atom. The minimum absolute atomic E-state index is 0.736. The Balaban J connectivity index is 2.47. The Morgan fingerprint density at radius 1 is 0.348 bits per heavy atom. The van der Waals surface area contributed by atoms with Gasteiger partial charge in [-0.1, -0.05) is 194 Å². The van der Waals surface area contributed by atoms with Gasteiger partial charge in [-0.3, -0.25) is 0 Å². The van der Waals surface area contributed by atoms with Crippen LogP contribution in [0.15, 0.2) is 12.1 Å². The lowest BCUT2D eigenvalue weighted by atomic mass is 10.1. The molecule has 46 heavy (non-hydrogen) atoms. The van der Waals surface area contributed by atoms with Crippen LogP contribution in [0.5, 0.6) is 17.2 Å². The normalized spacial score (nSPS) is 11.3. The van der Waals surface area contributed by atoms with E-state index in [1.54, 1.807) is 0 Å². The Labute approximate surface area is 301 Å². The molecule has 4 heteroatoms.